The highest BCUT2D eigenvalue weighted by Crippen LogP contribution is 2.19. The zero-order valence-corrected chi connectivity index (χ0v) is 10.1. The van der Waals surface area contributed by atoms with E-state index in [0.717, 1.165) is 25.3 Å². The third-order valence-corrected chi connectivity index (χ3v) is 3.34. The van der Waals surface area contributed by atoms with Gasteiger partial charge in [0, 0.05) is 25.2 Å². The Bertz CT molecular complexity index is 603. The third-order valence-electron chi connectivity index (χ3n) is 3.34. The van der Waals surface area contributed by atoms with Gasteiger partial charge in [-0.1, -0.05) is 24.3 Å². The highest BCUT2D eigenvalue weighted by atomic mass is 16.3. The summed E-state index contributed by atoms with van der Waals surface area (Å²) in [6, 6.07) is 11.5. The van der Waals surface area contributed by atoms with Crippen LogP contribution in [0.4, 0.5) is 0 Å². The van der Waals surface area contributed by atoms with Crippen molar-refractivity contribution >= 4 is 0 Å². The molecule has 0 radical (unpaired) electrons. The molecule has 92 valence electrons. The van der Waals surface area contributed by atoms with Gasteiger partial charge in [-0.3, -0.25) is 9.69 Å². The summed E-state index contributed by atoms with van der Waals surface area (Å²) >= 11 is 0. The molecule has 0 spiro atoms. The summed E-state index contributed by atoms with van der Waals surface area (Å²) in [6.45, 7) is 2.63. The summed E-state index contributed by atoms with van der Waals surface area (Å²) in [7, 11) is 0. The Morgan fingerprint density at radius 1 is 1.17 bits per heavy atom. The fraction of sp³-hybridized carbons (Fsp3) is 0.267. The number of rotatable bonds is 2. The lowest BCUT2D eigenvalue weighted by atomic mass is 10.00. The van der Waals surface area contributed by atoms with Gasteiger partial charge in [-0.05, 0) is 17.5 Å². The Kier molecular flexibility index (Phi) is 2.99. The summed E-state index contributed by atoms with van der Waals surface area (Å²) in [6.07, 6.45) is 2.53. The molecule has 1 aromatic heterocycles. The molecular weight excluding hydrogens is 226 g/mol. The van der Waals surface area contributed by atoms with E-state index in [1.807, 2.05) is 0 Å². The maximum Gasteiger partial charge on any atom is 0.185 e. The third kappa shape index (κ3) is 2.36. The summed E-state index contributed by atoms with van der Waals surface area (Å²) in [4.78, 5) is 13.6. The molecule has 0 saturated heterocycles. The predicted molar refractivity (Wildman–Crippen MR) is 69.2 cm³/mol. The van der Waals surface area contributed by atoms with Gasteiger partial charge in [0.25, 0.3) is 0 Å². The van der Waals surface area contributed by atoms with Crippen molar-refractivity contribution in [1.82, 2.24) is 4.90 Å². The lowest BCUT2D eigenvalue weighted by Gasteiger charge is -2.28. The van der Waals surface area contributed by atoms with Gasteiger partial charge >= 0.3 is 0 Å². The first-order chi connectivity index (χ1) is 8.81. The quantitative estimate of drug-likeness (QED) is 0.808. The van der Waals surface area contributed by atoms with E-state index in [1.165, 1.54) is 23.5 Å². The van der Waals surface area contributed by atoms with Crippen LogP contribution in [0.1, 0.15) is 16.9 Å². The van der Waals surface area contributed by atoms with Crippen LogP contribution in [0.2, 0.25) is 0 Å². The minimum absolute atomic E-state index is 0.00802. The van der Waals surface area contributed by atoms with E-state index >= 15 is 0 Å². The van der Waals surface area contributed by atoms with E-state index in [-0.39, 0.29) is 5.43 Å². The van der Waals surface area contributed by atoms with Gasteiger partial charge in [-0.25, -0.2) is 0 Å². The second-order valence-corrected chi connectivity index (χ2v) is 4.66. The van der Waals surface area contributed by atoms with Crippen molar-refractivity contribution < 1.29 is 4.42 Å². The van der Waals surface area contributed by atoms with Crippen molar-refractivity contribution in [2.75, 3.05) is 6.54 Å². The van der Waals surface area contributed by atoms with Crippen LogP contribution in [-0.4, -0.2) is 11.4 Å². The lowest BCUT2D eigenvalue weighted by molar-refractivity contribution is 0.223. The molecule has 2 heterocycles. The van der Waals surface area contributed by atoms with E-state index in [1.54, 1.807) is 6.07 Å². The summed E-state index contributed by atoms with van der Waals surface area (Å²) in [5.41, 5.74) is 2.82. The molecule has 18 heavy (non-hydrogen) atoms. The monoisotopic (exact) mass is 241 g/mol. The van der Waals surface area contributed by atoms with Crippen molar-refractivity contribution in [1.29, 1.82) is 0 Å². The number of fused-ring (bicyclic) bond motifs is 1. The fourth-order valence-corrected chi connectivity index (χ4v) is 2.42. The molecule has 0 bridgehead atoms. The fourth-order valence-electron chi connectivity index (χ4n) is 2.42. The van der Waals surface area contributed by atoms with Crippen LogP contribution >= 0.6 is 0 Å². The van der Waals surface area contributed by atoms with Crippen LogP contribution in [0.25, 0.3) is 0 Å². The molecule has 1 aromatic carbocycles. The Balaban J connectivity index is 1.75. The van der Waals surface area contributed by atoms with Crippen LogP contribution in [0, 0.1) is 0 Å². The molecule has 0 saturated carbocycles. The SMILES string of the molecule is O=c1ccoc(CN2CCc3ccccc3C2)c1. The van der Waals surface area contributed by atoms with Crippen LogP contribution in [0.15, 0.2) is 51.9 Å². The van der Waals surface area contributed by atoms with E-state index in [4.69, 9.17) is 4.42 Å². The van der Waals surface area contributed by atoms with Gasteiger partial charge in [0.1, 0.15) is 5.76 Å². The maximum atomic E-state index is 11.3. The highest BCUT2D eigenvalue weighted by Gasteiger charge is 2.16. The summed E-state index contributed by atoms with van der Waals surface area (Å²) < 4.78 is 5.36. The number of hydrogen-bond donors (Lipinski definition) is 0. The van der Waals surface area contributed by atoms with Crippen molar-refractivity contribution in [2.24, 2.45) is 0 Å². The van der Waals surface area contributed by atoms with Gasteiger partial charge in [0.15, 0.2) is 5.43 Å². The molecular formula is C15H15NO2. The molecule has 2 aromatic rings. The van der Waals surface area contributed by atoms with Gasteiger partial charge < -0.3 is 4.42 Å². The molecule has 0 aliphatic carbocycles. The minimum atomic E-state index is 0.00802. The second kappa shape index (κ2) is 4.78. The topological polar surface area (TPSA) is 33.5 Å². The molecule has 3 heteroatoms. The normalized spacial score (nSPS) is 15.3. The number of hydrogen-bond acceptors (Lipinski definition) is 3. The molecule has 3 nitrogen and oxygen atoms in total. The average Bonchev–Trinajstić information content (AvgIpc) is 2.39. The summed E-state index contributed by atoms with van der Waals surface area (Å²) in [5, 5.41) is 0. The zero-order valence-electron chi connectivity index (χ0n) is 10.1. The highest BCUT2D eigenvalue weighted by molar-refractivity contribution is 5.29. The van der Waals surface area contributed by atoms with Gasteiger partial charge in [0.05, 0.1) is 12.8 Å². The molecule has 0 amide bonds. The average molecular weight is 241 g/mol. The van der Waals surface area contributed by atoms with Crippen LogP contribution in [0.3, 0.4) is 0 Å². The van der Waals surface area contributed by atoms with Gasteiger partial charge in [0.2, 0.25) is 0 Å². The second-order valence-electron chi connectivity index (χ2n) is 4.66. The Labute approximate surface area is 106 Å². The molecule has 1 aliphatic heterocycles. The molecule has 0 fully saturated rings. The van der Waals surface area contributed by atoms with Crippen LogP contribution in [0.5, 0.6) is 0 Å². The first-order valence-electron chi connectivity index (χ1n) is 6.18. The standard InChI is InChI=1S/C15H15NO2/c17-14-6-8-18-15(9-14)11-16-7-5-12-3-1-2-4-13(12)10-16/h1-4,6,8-9H,5,7,10-11H2. The van der Waals surface area contributed by atoms with Crippen molar-refractivity contribution in [2.45, 2.75) is 19.5 Å². The Morgan fingerprint density at radius 2 is 2.00 bits per heavy atom. The molecule has 1 aliphatic rings. The zero-order chi connectivity index (χ0) is 12.4. The molecule has 0 N–H and O–H groups in total. The van der Waals surface area contributed by atoms with E-state index < -0.39 is 0 Å². The Hall–Kier alpha value is -1.87. The molecule has 3 rings (SSSR count). The van der Waals surface area contributed by atoms with E-state index in [0.29, 0.717) is 6.54 Å². The van der Waals surface area contributed by atoms with Crippen LogP contribution < -0.4 is 5.43 Å². The largest absolute Gasteiger partial charge is 0.468 e. The van der Waals surface area contributed by atoms with Crippen molar-refractivity contribution in [3.05, 3.63) is 69.8 Å². The molecule has 0 atom stereocenters. The van der Waals surface area contributed by atoms with Gasteiger partial charge in [-0.15, -0.1) is 0 Å². The van der Waals surface area contributed by atoms with Crippen molar-refractivity contribution in [3.63, 3.8) is 0 Å². The molecule has 0 unspecified atom stereocenters. The minimum Gasteiger partial charge on any atom is -0.468 e. The predicted octanol–water partition coefficient (Wildman–Crippen LogP) is 2.20. The van der Waals surface area contributed by atoms with E-state index in [9.17, 15) is 4.79 Å². The Morgan fingerprint density at radius 3 is 2.83 bits per heavy atom. The van der Waals surface area contributed by atoms with Crippen molar-refractivity contribution in [3.8, 4) is 0 Å². The van der Waals surface area contributed by atoms with Gasteiger partial charge in [-0.2, -0.15) is 0 Å². The number of nitrogens with zero attached hydrogens (tertiary/aromatic N) is 1. The van der Waals surface area contributed by atoms with Crippen LogP contribution in [-0.2, 0) is 19.5 Å². The number of benzene rings is 1. The first kappa shape index (κ1) is 11.2. The van der Waals surface area contributed by atoms with E-state index in [2.05, 4.69) is 29.2 Å². The smallest absolute Gasteiger partial charge is 0.185 e. The maximum absolute atomic E-state index is 11.3. The summed E-state index contributed by atoms with van der Waals surface area (Å²) in [5.74, 6) is 0.738. The lowest BCUT2D eigenvalue weighted by Crippen LogP contribution is -2.30. The first-order valence-corrected chi connectivity index (χ1v) is 6.18.